The van der Waals surface area contributed by atoms with Crippen molar-refractivity contribution in [2.45, 2.75) is 18.6 Å². The molecule has 0 bridgehead atoms. The average molecular weight is 291 g/mol. The zero-order valence-electron chi connectivity index (χ0n) is 10.3. The average Bonchev–Trinajstić information content (AvgIpc) is 2.62. The summed E-state index contributed by atoms with van der Waals surface area (Å²) in [6, 6.07) is 1.89. The highest BCUT2D eigenvalue weighted by Crippen LogP contribution is 2.31. The van der Waals surface area contributed by atoms with Crippen molar-refractivity contribution in [1.82, 2.24) is 15.1 Å². The number of anilines is 1. The van der Waals surface area contributed by atoms with Gasteiger partial charge >= 0.3 is 0 Å². The van der Waals surface area contributed by atoms with E-state index < -0.39 is 0 Å². The Labute approximate surface area is 116 Å². The van der Waals surface area contributed by atoms with Gasteiger partial charge in [-0.25, -0.2) is 0 Å². The molecule has 1 saturated heterocycles. The van der Waals surface area contributed by atoms with E-state index in [1.165, 1.54) is 0 Å². The molecule has 0 saturated carbocycles. The van der Waals surface area contributed by atoms with E-state index in [4.69, 9.17) is 23.2 Å². The van der Waals surface area contributed by atoms with Gasteiger partial charge in [-0.05, 0) is 20.5 Å². The van der Waals surface area contributed by atoms with Crippen LogP contribution in [0.15, 0.2) is 6.07 Å². The van der Waals surface area contributed by atoms with Crippen LogP contribution >= 0.6 is 23.2 Å². The van der Waals surface area contributed by atoms with Crippen LogP contribution in [0.2, 0.25) is 10.3 Å². The molecule has 1 N–H and O–H groups in total. The molecular weight excluding hydrogens is 275 g/mol. The third-order valence-corrected chi connectivity index (χ3v) is 3.43. The van der Waals surface area contributed by atoms with Crippen LogP contribution in [0.25, 0.3) is 0 Å². The number of aromatic nitrogens is 2. The highest BCUT2D eigenvalue weighted by Gasteiger charge is 2.32. The number of likely N-dealkylation sites (N-methyl/N-ethyl adjacent to an activating group) is 1. The van der Waals surface area contributed by atoms with Crippen molar-refractivity contribution < 1.29 is 5.11 Å². The minimum absolute atomic E-state index is 0.202. The van der Waals surface area contributed by atoms with Crippen LogP contribution in [0.5, 0.6) is 0 Å². The molecule has 0 aromatic carbocycles. The number of aliphatic hydroxyl groups excluding tert-OH is 1. The summed E-state index contributed by atoms with van der Waals surface area (Å²) in [5.41, 5.74) is 0.736. The molecule has 0 amide bonds. The van der Waals surface area contributed by atoms with Crippen LogP contribution in [-0.2, 0) is 0 Å². The Morgan fingerprint density at radius 2 is 2.17 bits per heavy atom. The van der Waals surface area contributed by atoms with Crippen LogP contribution in [0.1, 0.15) is 6.42 Å². The molecule has 1 aliphatic rings. The van der Waals surface area contributed by atoms with Crippen molar-refractivity contribution in [2.75, 3.05) is 32.1 Å². The summed E-state index contributed by atoms with van der Waals surface area (Å²) in [5, 5.41) is 18.0. The van der Waals surface area contributed by atoms with E-state index in [2.05, 4.69) is 15.1 Å². The summed E-state index contributed by atoms with van der Waals surface area (Å²) in [5.74, 6) is 0. The second-order valence-electron chi connectivity index (χ2n) is 4.80. The Hall–Kier alpha value is -0.620. The Morgan fingerprint density at radius 3 is 2.83 bits per heavy atom. The zero-order valence-corrected chi connectivity index (χ0v) is 11.9. The fraction of sp³-hybridized carbons (Fsp3) is 0.636. The lowest BCUT2D eigenvalue weighted by Crippen LogP contribution is -2.37. The highest BCUT2D eigenvalue weighted by atomic mass is 35.5. The maximum Gasteiger partial charge on any atom is 0.175 e. The van der Waals surface area contributed by atoms with Crippen LogP contribution < -0.4 is 4.90 Å². The minimum Gasteiger partial charge on any atom is -0.391 e. The molecule has 1 aromatic rings. The Kier molecular flexibility index (Phi) is 4.27. The van der Waals surface area contributed by atoms with Gasteiger partial charge in [0.1, 0.15) is 0 Å². The number of β-amino-alcohol motifs (C(OH)–C–C–N with tert-alkyl or cyclic N) is 1. The van der Waals surface area contributed by atoms with Gasteiger partial charge in [-0.3, -0.25) is 0 Å². The van der Waals surface area contributed by atoms with Crippen LogP contribution in [0, 0.1) is 0 Å². The number of nitrogens with zero attached hydrogens (tertiary/aromatic N) is 4. The fourth-order valence-corrected chi connectivity index (χ4v) is 2.67. The maximum atomic E-state index is 9.83. The van der Waals surface area contributed by atoms with Gasteiger partial charge < -0.3 is 14.9 Å². The predicted molar refractivity (Wildman–Crippen MR) is 72.4 cm³/mol. The molecule has 18 heavy (non-hydrogen) atoms. The van der Waals surface area contributed by atoms with E-state index in [1.807, 2.05) is 19.0 Å². The molecule has 2 atom stereocenters. The van der Waals surface area contributed by atoms with Crippen molar-refractivity contribution in [3.8, 4) is 0 Å². The molecular formula is C11H16Cl2N4O. The molecule has 0 radical (unpaired) electrons. The normalized spacial score (nSPS) is 24.0. The van der Waals surface area contributed by atoms with E-state index in [9.17, 15) is 5.11 Å². The highest BCUT2D eigenvalue weighted by molar-refractivity contribution is 6.33. The molecule has 0 spiro atoms. The molecule has 2 heterocycles. The number of hydrogen-bond donors (Lipinski definition) is 1. The fourth-order valence-electron chi connectivity index (χ4n) is 2.33. The Balaban J connectivity index is 2.26. The van der Waals surface area contributed by atoms with Crippen LogP contribution in [0.3, 0.4) is 0 Å². The molecule has 100 valence electrons. The molecule has 7 heteroatoms. The summed E-state index contributed by atoms with van der Waals surface area (Å²) >= 11 is 11.9. The van der Waals surface area contributed by atoms with Gasteiger partial charge in [0.25, 0.3) is 0 Å². The van der Waals surface area contributed by atoms with Gasteiger partial charge in [0.05, 0.1) is 11.8 Å². The van der Waals surface area contributed by atoms with E-state index in [-0.39, 0.29) is 12.1 Å². The first kappa shape index (κ1) is 13.8. The first-order valence-electron chi connectivity index (χ1n) is 5.75. The topological polar surface area (TPSA) is 52.5 Å². The molecule has 2 unspecified atom stereocenters. The molecule has 2 rings (SSSR count). The largest absolute Gasteiger partial charge is 0.391 e. The van der Waals surface area contributed by atoms with E-state index in [0.29, 0.717) is 23.3 Å². The number of halogens is 2. The molecule has 1 fully saturated rings. The molecule has 5 nitrogen and oxygen atoms in total. The summed E-state index contributed by atoms with van der Waals surface area (Å²) in [7, 11) is 4.00. The molecule has 1 aliphatic heterocycles. The lowest BCUT2D eigenvalue weighted by atomic mass is 10.2. The summed E-state index contributed by atoms with van der Waals surface area (Å²) < 4.78 is 0. The van der Waals surface area contributed by atoms with Crippen molar-refractivity contribution in [3.63, 3.8) is 0 Å². The van der Waals surface area contributed by atoms with Gasteiger partial charge in [0, 0.05) is 25.2 Å². The van der Waals surface area contributed by atoms with Gasteiger partial charge in [-0.2, -0.15) is 0 Å². The minimum atomic E-state index is -0.349. The van der Waals surface area contributed by atoms with Crippen molar-refractivity contribution in [2.24, 2.45) is 0 Å². The van der Waals surface area contributed by atoms with Gasteiger partial charge in [0.2, 0.25) is 0 Å². The lowest BCUT2D eigenvalue weighted by Gasteiger charge is -2.28. The van der Waals surface area contributed by atoms with Crippen molar-refractivity contribution in [3.05, 3.63) is 16.4 Å². The second kappa shape index (κ2) is 5.57. The predicted octanol–water partition coefficient (Wildman–Crippen LogP) is 1.28. The van der Waals surface area contributed by atoms with Gasteiger partial charge in [-0.1, -0.05) is 23.2 Å². The maximum absolute atomic E-state index is 9.83. The third kappa shape index (κ3) is 3.03. The monoisotopic (exact) mass is 290 g/mol. The van der Waals surface area contributed by atoms with Crippen molar-refractivity contribution >= 4 is 28.9 Å². The number of rotatable bonds is 3. The summed E-state index contributed by atoms with van der Waals surface area (Å²) in [6.45, 7) is 1.38. The van der Waals surface area contributed by atoms with Gasteiger partial charge in [0.15, 0.2) is 10.3 Å². The number of aliphatic hydroxyl groups is 1. The quantitative estimate of drug-likeness (QED) is 0.909. The first-order valence-corrected chi connectivity index (χ1v) is 6.51. The first-order chi connectivity index (χ1) is 8.47. The van der Waals surface area contributed by atoms with Crippen LogP contribution in [0.4, 0.5) is 5.69 Å². The summed E-state index contributed by atoms with van der Waals surface area (Å²) in [6.07, 6.45) is 0.368. The Bertz CT molecular complexity index is 430. The standard InChI is InChI=1S/C11H16Cl2N4O/c1-16(2)5-7-3-8(18)6-17(7)9-4-10(12)14-15-11(9)13/h4,7-8,18H,3,5-6H2,1-2H3. The molecule has 0 aliphatic carbocycles. The smallest absolute Gasteiger partial charge is 0.175 e. The number of hydrogen-bond acceptors (Lipinski definition) is 5. The van der Waals surface area contributed by atoms with Crippen molar-refractivity contribution in [1.29, 1.82) is 0 Å². The van der Waals surface area contributed by atoms with Crippen LogP contribution in [-0.4, -0.2) is 59.5 Å². The van der Waals surface area contributed by atoms with Gasteiger partial charge in [-0.15, -0.1) is 10.2 Å². The third-order valence-electron chi connectivity index (χ3n) is 2.98. The molecule has 1 aromatic heterocycles. The Morgan fingerprint density at radius 1 is 1.44 bits per heavy atom. The van der Waals surface area contributed by atoms with E-state index in [1.54, 1.807) is 6.07 Å². The second-order valence-corrected chi connectivity index (χ2v) is 5.55. The lowest BCUT2D eigenvalue weighted by molar-refractivity contribution is 0.191. The summed E-state index contributed by atoms with van der Waals surface area (Å²) in [4.78, 5) is 4.13. The SMILES string of the molecule is CN(C)CC1CC(O)CN1c1cc(Cl)nnc1Cl. The van der Waals surface area contributed by atoms with E-state index >= 15 is 0 Å². The zero-order chi connectivity index (χ0) is 13.3. The van der Waals surface area contributed by atoms with E-state index in [0.717, 1.165) is 12.2 Å².